The number of nitrogens with one attached hydrogen (secondary N) is 1. The lowest BCUT2D eigenvalue weighted by Gasteiger charge is -2.39. The van der Waals surface area contributed by atoms with Crippen molar-refractivity contribution in [3.63, 3.8) is 0 Å². The molecular formula is C28H35N3O4SSi. The SMILES string of the molecule is Cc1csc(NC(=O)C(CN(CC2c3ccccc3-c3ccccc32)C(=O)O)O[Si](C)(C)C(C)(C)C)n1. The second kappa shape index (κ2) is 10.4. The number of amides is 2. The van der Waals surface area contributed by atoms with Gasteiger partial charge in [-0.3, -0.25) is 10.1 Å². The molecule has 1 heterocycles. The molecule has 2 aromatic carbocycles. The zero-order valence-electron chi connectivity index (χ0n) is 22.2. The van der Waals surface area contributed by atoms with Gasteiger partial charge < -0.3 is 14.4 Å². The normalized spacial score (nSPS) is 14.1. The Kier molecular flexibility index (Phi) is 7.59. The first-order valence-electron chi connectivity index (χ1n) is 12.4. The van der Waals surface area contributed by atoms with Crippen molar-refractivity contribution in [3.8, 4) is 11.1 Å². The molecule has 4 rings (SSSR count). The number of carboxylic acid groups (broad SMARTS) is 1. The highest BCUT2D eigenvalue weighted by Crippen LogP contribution is 2.45. The number of benzene rings is 2. The van der Waals surface area contributed by atoms with Gasteiger partial charge in [0.25, 0.3) is 5.91 Å². The Morgan fingerprint density at radius 2 is 1.68 bits per heavy atom. The Morgan fingerprint density at radius 1 is 1.11 bits per heavy atom. The maximum absolute atomic E-state index is 13.5. The predicted molar refractivity (Wildman–Crippen MR) is 151 cm³/mol. The van der Waals surface area contributed by atoms with Crippen molar-refractivity contribution in [2.45, 2.75) is 57.8 Å². The molecule has 7 nitrogen and oxygen atoms in total. The van der Waals surface area contributed by atoms with Gasteiger partial charge in [-0.05, 0) is 47.3 Å². The van der Waals surface area contributed by atoms with Crippen LogP contribution in [0.5, 0.6) is 0 Å². The molecule has 9 heteroatoms. The van der Waals surface area contributed by atoms with E-state index in [1.54, 1.807) is 0 Å². The number of anilines is 1. The van der Waals surface area contributed by atoms with Crippen LogP contribution in [0.25, 0.3) is 11.1 Å². The fourth-order valence-electron chi connectivity index (χ4n) is 4.41. The molecule has 0 radical (unpaired) electrons. The van der Waals surface area contributed by atoms with Crippen LogP contribution in [0.15, 0.2) is 53.9 Å². The van der Waals surface area contributed by atoms with E-state index in [2.05, 4.69) is 68.4 Å². The average Bonchev–Trinajstić information content (AvgIpc) is 3.38. The third-order valence-corrected chi connectivity index (χ3v) is 12.8. The molecule has 0 saturated heterocycles. The van der Waals surface area contributed by atoms with Crippen LogP contribution in [0.3, 0.4) is 0 Å². The van der Waals surface area contributed by atoms with E-state index in [0.29, 0.717) is 5.13 Å². The summed E-state index contributed by atoms with van der Waals surface area (Å²) in [5.74, 6) is -0.501. The number of hydrogen-bond acceptors (Lipinski definition) is 5. The van der Waals surface area contributed by atoms with E-state index in [-0.39, 0.29) is 30.0 Å². The Hall–Kier alpha value is -3.01. The summed E-state index contributed by atoms with van der Waals surface area (Å²) in [4.78, 5) is 31.7. The number of carbonyl (C=O) groups is 2. The molecule has 0 fully saturated rings. The van der Waals surface area contributed by atoms with E-state index < -0.39 is 20.5 Å². The fraction of sp³-hybridized carbons (Fsp3) is 0.393. The molecule has 196 valence electrons. The highest BCUT2D eigenvalue weighted by atomic mass is 32.1. The van der Waals surface area contributed by atoms with Crippen molar-refractivity contribution < 1.29 is 19.1 Å². The molecule has 0 bridgehead atoms. The van der Waals surface area contributed by atoms with Gasteiger partial charge in [0.15, 0.2) is 13.4 Å². The number of carbonyl (C=O) groups excluding carboxylic acids is 1. The third kappa shape index (κ3) is 5.79. The van der Waals surface area contributed by atoms with Gasteiger partial charge in [-0.25, -0.2) is 9.78 Å². The minimum Gasteiger partial charge on any atom is -0.465 e. The van der Waals surface area contributed by atoms with Crippen LogP contribution in [-0.2, 0) is 9.22 Å². The van der Waals surface area contributed by atoms with Crippen LogP contribution in [-0.4, -0.2) is 54.5 Å². The highest BCUT2D eigenvalue weighted by Gasteiger charge is 2.42. The Balaban J connectivity index is 1.63. The summed E-state index contributed by atoms with van der Waals surface area (Å²) in [7, 11) is -2.40. The van der Waals surface area contributed by atoms with Gasteiger partial charge in [0.1, 0.15) is 6.10 Å². The quantitative estimate of drug-likeness (QED) is 0.317. The number of aryl methyl sites for hydroxylation is 1. The van der Waals surface area contributed by atoms with E-state index in [1.807, 2.05) is 36.6 Å². The highest BCUT2D eigenvalue weighted by molar-refractivity contribution is 7.13. The summed E-state index contributed by atoms with van der Waals surface area (Å²) in [6.45, 7) is 12.4. The van der Waals surface area contributed by atoms with Crippen LogP contribution in [0.4, 0.5) is 9.93 Å². The van der Waals surface area contributed by atoms with Crippen molar-refractivity contribution in [2.75, 3.05) is 18.4 Å². The molecule has 3 aromatic rings. The van der Waals surface area contributed by atoms with Crippen LogP contribution in [0, 0.1) is 6.92 Å². The molecule has 0 spiro atoms. The Bertz CT molecular complexity index is 1250. The van der Waals surface area contributed by atoms with Crippen molar-refractivity contribution in [1.29, 1.82) is 0 Å². The molecule has 0 saturated carbocycles. The van der Waals surface area contributed by atoms with Crippen molar-refractivity contribution in [2.24, 2.45) is 0 Å². The minimum absolute atomic E-state index is 0.0706. The first-order chi connectivity index (χ1) is 17.4. The topological polar surface area (TPSA) is 91.8 Å². The van der Waals surface area contributed by atoms with Crippen molar-refractivity contribution in [3.05, 3.63) is 70.7 Å². The summed E-state index contributed by atoms with van der Waals surface area (Å²) in [5.41, 5.74) is 5.26. The van der Waals surface area contributed by atoms with E-state index in [0.717, 1.165) is 27.9 Å². The molecule has 1 aromatic heterocycles. The van der Waals surface area contributed by atoms with Gasteiger partial charge in [0, 0.05) is 17.8 Å². The second-order valence-electron chi connectivity index (χ2n) is 11.1. The molecular weight excluding hydrogens is 502 g/mol. The van der Waals surface area contributed by atoms with Gasteiger partial charge in [-0.15, -0.1) is 11.3 Å². The van der Waals surface area contributed by atoms with E-state index in [1.165, 1.54) is 16.2 Å². The van der Waals surface area contributed by atoms with E-state index in [9.17, 15) is 14.7 Å². The lowest BCUT2D eigenvalue weighted by atomic mass is 9.96. The number of hydrogen-bond donors (Lipinski definition) is 2. The first-order valence-corrected chi connectivity index (χ1v) is 16.2. The molecule has 0 aliphatic heterocycles. The number of thiazole rings is 1. The molecule has 1 aliphatic carbocycles. The number of aromatic nitrogens is 1. The van der Waals surface area contributed by atoms with Gasteiger partial charge >= 0.3 is 6.09 Å². The lowest BCUT2D eigenvalue weighted by Crippen LogP contribution is -2.52. The van der Waals surface area contributed by atoms with Crippen LogP contribution < -0.4 is 5.32 Å². The second-order valence-corrected chi connectivity index (χ2v) is 16.7. The monoisotopic (exact) mass is 537 g/mol. The zero-order valence-corrected chi connectivity index (χ0v) is 24.1. The number of fused-ring (bicyclic) bond motifs is 3. The Labute approximate surface area is 223 Å². The average molecular weight is 538 g/mol. The summed E-state index contributed by atoms with van der Waals surface area (Å²) in [6.07, 6.45) is -2.04. The summed E-state index contributed by atoms with van der Waals surface area (Å²) in [5, 5.41) is 15.3. The minimum atomic E-state index is -2.40. The van der Waals surface area contributed by atoms with E-state index >= 15 is 0 Å². The zero-order chi connectivity index (χ0) is 27.0. The van der Waals surface area contributed by atoms with Crippen molar-refractivity contribution in [1.82, 2.24) is 9.88 Å². The molecule has 37 heavy (non-hydrogen) atoms. The maximum atomic E-state index is 13.5. The van der Waals surface area contributed by atoms with Gasteiger partial charge in [-0.2, -0.15) is 0 Å². The summed E-state index contributed by atoms with van der Waals surface area (Å²) >= 11 is 1.34. The molecule has 2 N–H and O–H groups in total. The lowest BCUT2D eigenvalue weighted by molar-refractivity contribution is -0.123. The molecule has 1 unspecified atom stereocenters. The Morgan fingerprint density at radius 3 is 2.16 bits per heavy atom. The third-order valence-electron chi connectivity index (χ3n) is 7.41. The smallest absolute Gasteiger partial charge is 0.407 e. The standard InChI is InChI=1S/C28H35N3O4SSi/c1-18-17-36-26(29-18)30-25(32)24(35-37(5,6)28(2,3)4)16-31(27(33)34)15-23-21-13-9-7-11-19(21)20-12-8-10-14-22(20)23/h7-14,17,23-24H,15-16H2,1-6H3,(H,33,34)(H,29,30,32). The van der Waals surface area contributed by atoms with Gasteiger partial charge in [-0.1, -0.05) is 69.3 Å². The molecule has 2 amide bonds. The van der Waals surface area contributed by atoms with Gasteiger partial charge in [0.2, 0.25) is 0 Å². The van der Waals surface area contributed by atoms with E-state index in [4.69, 9.17) is 4.43 Å². The number of rotatable bonds is 8. The number of nitrogens with zero attached hydrogens (tertiary/aromatic N) is 2. The summed E-state index contributed by atoms with van der Waals surface area (Å²) < 4.78 is 6.53. The maximum Gasteiger partial charge on any atom is 0.407 e. The van der Waals surface area contributed by atoms with Crippen molar-refractivity contribution >= 4 is 36.8 Å². The van der Waals surface area contributed by atoms with Crippen LogP contribution in [0.1, 0.15) is 43.5 Å². The van der Waals surface area contributed by atoms with Gasteiger partial charge in [0.05, 0.1) is 12.2 Å². The molecule has 1 aliphatic rings. The largest absolute Gasteiger partial charge is 0.465 e. The van der Waals surface area contributed by atoms with Crippen LogP contribution in [0.2, 0.25) is 18.1 Å². The summed E-state index contributed by atoms with van der Waals surface area (Å²) in [6, 6.07) is 16.2. The first kappa shape index (κ1) is 27.0. The predicted octanol–water partition coefficient (Wildman–Crippen LogP) is 6.57. The fourth-order valence-corrected chi connectivity index (χ4v) is 6.35. The van der Waals surface area contributed by atoms with Crippen LogP contribution >= 0.6 is 11.3 Å². The molecule has 1 atom stereocenters.